The van der Waals surface area contributed by atoms with Gasteiger partial charge in [-0.05, 0) is 49.5 Å². The topological polar surface area (TPSA) is 29.3 Å². The van der Waals surface area contributed by atoms with E-state index in [9.17, 15) is 0 Å². The molecule has 17 heavy (non-hydrogen) atoms. The molecule has 0 radical (unpaired) electrons. The van der Waals surface area contributed by atoms with Gasteiger partial charge in [-0.1, -0.05) is 27.7 Å². The van der Waals surface area contributed by atoms with Crippen molar-refractivity contribution in [1.29, 1.82) is 0 Å². The Morgan fingerprint density at radius 1 is 1.24 bits per heavy atom. The van der Waals surface area contributed by atoms with E-state index in [-0.39, 0.29) is 0 Å². The highest BCUT2D eigenvalue weighted by molar-refractivity contribution is 5.03. The van der Waals surface area contributed by atoms with Gasteiger partial charge in [-0.2, -0.15) is 0 Å². The van der Waals surface area contributed by atoms with E-state index >= 15 is 0 Å². The van der Waals surface area contributed by atoms with Gasteiger partial charge in [0.1, 0.15) is 0 Å². The van der Waals surface area contributed by atoms with E-state index in [4.69, 9.17) is 5.73 Å². The normalized spacial score (nSPS) is 42.9. The van der Waals surface area contributed by atoms with Gasteiger partial charge in [-0.25, -0.2) is 0 Å². The Bertz CT molecular complexity index is 274. The summed E-state index contributed by atoms with van der Waals surface area (Å²) in [6.45, 7) is 12.9. The van der Waals surface area contributed by atoms with Gasteiger partial charge in [0, 0.05) is 18.6 Å². The van der Waals surface area contributed by atoms with Crippen LogP contribution in [0, 0.1) is 17.3 Å². The second kappa shape index (κ2) is 4.55. The Morgan fingerprint density at radius 3 is 2.41 bits per heavy atom. The Hall–Kier alpha value is -0.0800. The number of nitrogens with zero attached hydrogens (tertiary/aromatic N) is 1. The molecule has 2 heteroatoms. The van der Waals surface area contributed by atoms with Gasteiger partial charge in [0.25, 0.3) is 0 Å². The molecule has 0 amide bonds. The summed E-state index contributed by atoms with van der Waals surface area (Å²) >= 11 is 0. The van der Waals surface area contributed by atoms with Crippen molar-refractivity contribution in [2.24, 2.45) is 23.0 Å². The zero-order chi connectivity index (χ0) is 12.7. The van der Waals surface area contributed by atoms with Gasteiger partial charge < -0.3 is 5.73 Å². The van der Waals surface area contributed by atoms with Gasteiger partial charge >= 0.3 is 0 Å². The zero-order valence-electron chi connectivity index (χ0n) is 12.1. The summed E-state index contributed by atoms with van der Waals surface area (Å²) in [6.07, 6.45) is 5.35. The minimum atomic E-state index is 0.306. The lowest BCUT2D eigenvalue weighted by Crippen LogP contribution is -2.59. The van der Waals surface area contributed by atoms with Gasteiger partial charge in [0.2, 0.25) is 0 Å². The number of rotatable bonds is 2. The molecular formula is C15H30N2. The number of likely N-dealkylation sites (tertiary alicyclic amines) is 1. The molecule has 2 nitrogen and oxygen atoms in total. The lowest BCUT2D eigenvalue weighted by molar-refractivity contribution is 0.0104. The van der Waals surface area contributed by atoms with Gasteiger partial charge in [0.15, 0.2) is 0 Å². The third-order valence-corrected chi connectivity index (χ3v) is 5.40. The molecule has 1 aliphatic heterocycles. The molecule has 100 valence electrons. The van der Waals surface area contributed by atoms with E-state index in [0.29, 0.717) is 11.0 Å². The Kier molecular flexibility index (Phi) is 3.57. The summed E-state index contributed by atoms with van der Waals surface area (Å²) in [5.74, 6) is 1.64. The molecule has 0 aromatic rings. The predicted molar refractivity (Wildman–Crippen MR) is 73.9 cm³/mol. The molecular weight excluding hydrogens is 208 g/mol. The van der Waals surface area contributed by atoms with Crippen LogP contribution < -0.4 is 5.73 Å². The fraction of sp³-hybridized carbons (Fsp3) is 1.00. The van der Waals surface area contributed by atoms with Crippen molar-refractivity contribution in [2.45, 2.75) is 58.9 Å². The Balaban J connectivity index is 2.14. The minimum Gasteiger partial charge on any atom is -0.329 e. The summed E-state index contributed by atoms with van der Waals surface area (Å²) in [5, 5.41) is 0. The molecule has 3 atom stereocenters. The van der Waals surface area contributed by atoms with E-state index in [2.05, 4.69) is 32.6 Å². The molecule has 1 saturated heterocycles. The lowest BCUT2D eigenvalue weighted by atomic mass is 9.69. The first-order valence-electron chi connectivity index (χ1n) is 7.35. The quantitative estimate of drug-likeness (QED) is 0.801. The molecule has 1 aliphatic carbocycles. The third kappa shape index (κ3) is 2.39. The Morgan fingerprint density at radius 2 is 1.94 bits per heavy atom. The molecule has 0 aromatic heterocycles. The van der Waals surface area contributed by atoms with Crippen molar-refractivity contribution < 1.29 is 0 Å². The summed E-state index contributed by atoms with van der Waals surface area (Å²) in [5.41, 5.74) is 7.00. The molecule has 0 spiro atoms. The average molecular weight is 238 g/mol. The number of nitrogens with two attached hydrogens (primary N) is 1. The van der Waals surface area contributed by atoms with Crippen LogP contribution in [0.1, 0.15) is 53.4 Å². The first kappa shape index (κ1) is 13.4. The highest BCUT2D eigenvalue weighted by Crippen LogP contribution is 2.44. The van der Waals surface area contributed by atoms with Crippen LogP contribution in [0.15, 0.2) is 0 Å². The summed E-state index contributed by atoms with van der Waals surface area (Å²) in [6, 6.07) is 0. The highest BCUT2D eigenvalue weighted by atomic mass is 15.2. The van der Waals surface area contributed by atoms with Crippen molar-refractivity contribution in [3.8, 4) is 0 Å². The molecule has 1 saturated carbocycles. The largest absolute Gasteiger partial charge is 0.329 e. The summed E-state index contributed by atoms with van der Waals surface area (Å²) in [4.78, 5) is 2.73. The molecule has 2 aliphatic rings. The standard InChI is InChI=1S/C15H30N2/c1-12-5-6-15(10-16,13(2)9-12)17-8-7-14(3,4)11-17/h12-13H,5-11,16H2,1-4H3. The van der Waals surface area contributed by atoms with Crippen molar-refractivity contribution >= 4 is 0 Å². The monoisotopic (exact) mass is 238 g/mol. The first-order chi connectivity index (χ1) is 7.89. The van der Waals surface area contributed by atoms with Crippen molar-refractivity contribution in [2.75, 3.05) is 19.6 Å². The van der Waals surface area contributed by atoms with E-state index in [1.807, 2.05) is 0 Å². The third-order valence-electron chi connectivity index (χ3n) is 5.40. The molecule has 0 bridgehead atoms. The van der Waals surface area contributed by atoms with Crippen LogP contribution >= 0.6 is 0 Å². The van der Waals surface area contributed by atoms with Crippen LogP contribution in [-0.2, 0) is 0 Å². The van der Waals surface area contributed by atoms with Crippen molar-refractivity contribution in [3.05, 3.63) is 0 Å². The summed E-state index contributed by atoms with van der Waals surface area (Å²) < 4.78 is 0. The van der Waals surface area contributed by atoms with Crippen LogP contribution in [-0.4, -0.2) is 30.1 Å². The second-order valence-corrected chi connectivity index (χ2v) is 7.42. The maximum atomic E-state index is 6.20. The maximum absolute atomic E-state index is 6.20. The number of hydrogen-bond donors (Lipinski definition) is 1. The molecule has 2 rings (SSSR count). The summed E-state index contributed by atoms with van der Waals surface area (Å²) in [7, 11) is 0. The molecule has 0 aromatic carbocycles. The van der Waals surface area contributed by atoms with Gasteiger partial charge in [-0.3, -0.25) is 4.90 Å². The molecule has 3 unspecified atom stereocenters. The molecule has 2 N–H and O–H groups in total. The van der Waals surface area contributed by atoms with Crippen LogP contribution in [0.3, 0.4) is 0 Å². The van der Waals surface area contributed by atoms with Gasteiger partial charge in [0.05, 0.1) is 0 Å². The number of hydrogen-bond acceptors (Lipinski definition) is 2. The van der Waals surface area contributed by atoms with Crippen LogP contribution in [0.4, 0.5) is 0 Å². The first-order valence-corrected chi connectivity index (χ1v) is 7.35. The van der Waals surface area contributed by atoms with Gasteiger partial charge in [-0.15, -0.1) is 0 Å². The van der Waals surface area contributed by atoms with Crippen molar-refractivity contribution in [3.63, 3.8) is 0 Å². The highest BCUT2D eigenvalue weighted by Gasteiger charge is 2.47. The van der Waals surface area contributed by atoms with Crippen LogP contribution in [0.25, 0.3) is 0 Å². The SMILES string of the molecule is CC1CCC(CN)(N2CCC(C)(C)C2)C(C)C1. The zero-order valence-corrected chi connectivity index (χ0v) is 12.1. The van der Waals surface area contributed by atoms with E-state index in [1.165, 1.54) is 38.8 Å². The molecule has 1 heterocycles. The Labute approximate surface area is 107 Å². The van der Waals surface area contributed by atoms with E-state index < -0.39 is 0 Å². The fourth-order valence-corrected chi connectivity index (χ4v) is 4.08. The average Bonchev–Trinajstić information content (AvgIpc) is 2.60. The van der Waals surface area contributed by atoms with E-state index in [1.54, 1.807) is 0 Å². The second-order valence-electron chi connectivity index (χ2n) is 7.42. The smallest absolute Gasteiger partial charge is 0.0357 e. The van der Waals surface area contributed by atoms with Crippen LogP contribution in [0.2, 0.25) is 0 Å². The van der Waals surface area contributed by atoms with Crippen LogP contribution in [0.5, 0.6) is 0 Å². The lowest BCUT2D eigenvalue weighted by Gasteiger charge is -2.50. The maximum Gasteiger partial charge on any atom is 0.0357 e. The predicted octanol–water partition coefficient (Wildman–Crippen LogP) is 2.87. The fourth-order valence-electron chi connectivity index (χ4n) is 4.08. The molecule has 2 fully saturated rings. The minimum absolute atomic E-state index is 0.306. The van der Waals surface area contributed by atoms with Crippen molar-refractivity contribution in [1.82, 2.24) is 4.90 Å². The van der Waals surface area contributed by atoms with E-state index in [0.717, 1.165) is 18.4 Å².